The van der Waals surface area contributed by atoms with Gasteiger partial charge in [-0.2, -0.15) is 0 Å². The summed E-state index contributed by atoms with van der Waals surface area (Å²) in [5.41, 5.74) is -0.477. The number of aliphatic hydroxyl groups excluding tert-OH is 1. The molecule has 1 N–H and O–H groups in total. The molecule has 1 spiro atoms. The van der Waals surface area contributed by atoms with E-state index in [0.717, 1.165) is 12.8 Å². The van der Waals surface area contributed by atoms with Gasteiger partial charge in [0.1, 0.15) is 18.0 Å². The highest BCUT2D eigenvalue weighted by Gasteiger charge is 2.48. The average Bonchev–Trinajstić information content (AvgIpc) is 3.20. The third kappa shape index (κ3) is 3.51. The Kier molecular flexibility index (Phi) is 5.03. The number of carbonyl (C=O) groups is 2. The number of piperidine rings is 1. The first kappa shape index (κ1) is 17.8. The summed E-state index contributed by atoms with van der Waals surface area (Å²) in [4.78, 5) is 28.2. The molecule has 1 atom stereocenters. The summed E-state index contributed by atoms with van der Waals surface area (Å²) in [6, 6.07) is 3.36. The van der Waals surface area contributed by atoms with Crippen LogP contribution in [-0.4, -0.2) is 58.2 Å². The number of likely N-dealkylation sites (tertiary alicyclic amines) is 1. The van der Waals surface area contributed by atoms with Crippen LogP contribution in [-0.2, 0) is 11.3 Å². The maximum atomic E-state index is 12.5. The fourth-order valence-electron chi connectivity index (χ4n) is 3.67. The average molecular weight is 350 g/mol. The Morgan fingerprint density at radius 2 is 2.08 bits per heavy atom. The molecule has 2 amide bonds. The summed E-state index contributed by atoms with van der Waals surface area (Å²) in [5.74, 6) is 0.429. The monoisotopic (exact) mass is 350 g/mol. The summed E-state index contributed by atoms with van der Waals surface area (Å²) in [6.45, 7) is 5.59. The van der Waals surface area contributed by atoms with Gasteiger partial charge >= 0.3 is 6.09 Å². The third-order valence-electron chi connectivity index (χ3n) is 5.23. The van der Waals surface area contributed by atoms with Crippen molar-refractivity contribution in [3.05, 3.63) is 23.7 Å². The van der Waals surface area contributed by atoms with Gasteiger partial charge in [-0.25, -0.2) is 4.79 Å². The Morgan fingerprint density at radius 3 is 2.68 bits per heavy atom. The highest BCUT2D eigenvalue weighted by Crippen LogP contribution is 2.35. The van der Waals surface area contributed by atoms with Crippen LogP contribution in [0, 0.1) is 0 Å². The molecule has 1 aromatic rings. The minimum absolute atomic E-state index is 0.177. The van der Waals surface area contributed by atoms with Gasteiger partial charge in [0.2, 0.25) is 0 Å². The highest BCUT2D eigenvalue weighted by atomic mass is 16.6. The molecule has 0 bridgehead atoms. The molecule has 0 saturated carbocycles. The zero-order valence-corrected chi connectivity index (χ0v) is 14.9. The first-order chi connectivity index (χ1) is 12.0. The number of rotatable bonds is 5. The lowest BCUT2D eigenvalue weighted by Crippen LogP contribution is -2.49. The normalized spacial score (nSPS) is 20.8. The molecule has 0 aliphatic carbocycles. The Bertz CT molecular complexity index is 633. The maximum absolute atomic E-state index is 12.5. The van der Waals surface area contributed by atoms with E-state index in [9.17, 15) is 9.59 Å². The van der Waals surface area contributed by atoms with Crippen LogP contribution in [0.4, 0.5) is 4.79 Å². The van der Waals surface area contributed by atoms with Crippen LogP contribution in [0.25, 0.3) is 0 Å². The van der Waals surface area contributed by atoms with Crippen molar-refractivity contribution < 1.29 is 23.8 Å². The molecule has 138 valence electrons. The van der Waals surface area contributed by atoms with Crippen molar-refractivity contribution in [2.45, 2.75) is 57.8 Å². The molecule has 1 unspecified atom stereocenters. The second-order valence-electron chi connectivity index (χ2n) is 7.03. The number of aliphatic hydroxyl groups is 1. The van der Waals surface area contributed by atoms with E-state index in [2.05, 4.69) is 13.8 Å². The number of ether oxygens (including phenoxy) is 1. The quantitative estimate of drug-likeness (QED) is 0.881. The standard InChI is InChI=1S/C18H26N2O5/c1-3-4-13(2)20-12-18(25-17(20)23)7-9-19(10-8-18)16(22)15-6-5-14(11-21)24-15/h5-6,13,21H,3-4,7-12H2,1-2H3. The summed E-state index contributed by atoms with van der Waals surface area (Å²) in [7, 11) is 0. The van der Waals surface area contributed by atoms with Crippen molar-refractivity contribution >= 4 is 12.0 Å². The summed E-state index contributed by atoms with van der Waals surface area (Å²) in [6.07, 6.45) is 3.01. The molecular formula is C18H26N2O5. The van der Waals surface area contributed by atoms with Crippen LogP contribution in [0.3, 0.4) is 0 Å². The number of nitrogens with zero attached hydrogens (tertiary/aromatic N) is 2. The summed E-state index contributed by atoms with van der Waals surface area (Å²) in [5, 5.41) is 9.04. The molecular weight excluding hydrogens is 324 g/mol. The molecule has 2 aliphatic rings. The van der Waals surface area contributed by atoms with Gasteiger partial charge in [0.05, 0.1) is 6.54 Å². The summed E-state index contributed by atoms with van der Waals surface area (Å²) < 4.78 is 11.0. The van der Waals surface area contributed by atoms with Crippen molar-refractivity contribution in [2.24, 2.45) is 0 Å². The van der Waals surface area contributed by atoms with E-state index in [-0.39, 0.29) is 30.4 Å². The maximum Gasteiger partial charge on any atom is 0.410 e. The number of amides is 2. The highest BCUT2D eigenvalue weighted by molar-refractivity contribution is 5.91. The predicted octanol–water partition coefficient (Wildman–Crippen LogP) is 2.39. The lowest BCUT2D eigenvalue weighted by atomic mass is 9.91. The van der Waals surface area contributed by atoms with Crippen molar-refractivity contribution in [3.63, 3.8) is 0 Å². The molecule has 1 aromatic heterocycles. The van der Waals surface area contributed by atoms with Crippen molar-refractivity contribution in [1.29, 1.82) is 0 Å². The van der Waals surface area contributed by atoms with Crippen LogP contribution >= 0.6 is 0 Å². The van der Waals surface area contributed by atoms with Gasteiger partial charge in [-0.05, 0) is 25.5 Å². The Labute approximate surface area is 147 Å². The largest absolute Gasteiger partial charge is 0.453 e. The van der Waals surface area contributed by atoms with E-state index in [0.29, 0.717) is 38.2 Å². The second-order valence-corrected chi connectivity index (χ2v) is 7.03. The zero-order valence-electron chi connectivity index (χ0n) is 14.9. The van der Waals surface area contributed by atoms with Crippen molar-refractivity contribution in [1.82, 2.24) is 9.80 Å². The van der Waals surface area contributed by atoms with Crippen LogP contribution in [0.1, 0.15) is 55.8 Å². The van der Waals surface area contributed by atoms with E-state index < -0.39 is 5.60 Å². The van der Waals surface area contributed by atoms with Crippen molar-refractivity contribution in [3.8, 4) is 0 Å². The zero-order chi connectivity index (χ0) is 18.0. The second kappa shape index (κ2) is 7.07. The third-order valence-corrected chi connectivity index (χ3v) is 5.23. The number of furan rings is 1. The van der Waals surface area contributed by atoms with Gasteiger partial charge in [0, 0.05) is 32.0 Å². The lowest BCUT2D eigenvalue weighted by Gasteiger charge is -2.37. The Morgan fingerprint density at radius 1 is 1.36 bits per heavy atom. The first-order valence-electron chi connectivity index (χ1n) is 8.96. The van der Waals surface area contributed by atoms with Gasteiger partial charge in [0.25, 0.3) is 5.91 Å². The van der Waals surface area contributed by atoms with Gasteiger partial charge in [0.15, 0.2) is 5.76 Å². The van der Waals surface area contributed by atoms with Crippen molar-refractivity contribution in [2.75, 3.05) is 19.6 Å². The van der Waals surface area contributed by atoms with Gasteiger partial charge < -0.3 is 24.1 Å². The lowest BCUT2D eigenvalue weighted by molar-refractivity contribution is 0.00211. The molecule has 2 fully saturated rings. The van der Waals surface area contributed by atoms with Crippen LogP contribution < -0.4 is 0 Å². The van der Waals surface area contributed by atoms with Crippen LogP contribution in [0.5, 0.6) is 0 Å². The molecule has 25 heavy (non-hydrogen) atoms. The van der Waals surface area contributed by atoms with E-state index in [1.807, 2.05) is 4.90 Å². The molecule has 0 radical (unpaired) electrons. The van der Waals surface area contributed by atoms with Gasteiger partial charge in [-0.1, -0.05) is 13.3 Å². The number of hydrogen-bond donors (Lipinski definition) is 1. The van der Waals surface area contributed by atoms with Gasteiger partial charge in [-0.15, -0.1) is 0 Å². The van der Waals surface area contributed by atoms with E-state index in [1.165, 1.54) is 0 Å². The van der Waals surface area contributed by atoms with E-state index >= 15 is 0 Å². The van der Waals surface area contributed by atoms with Crippen LogP contribution in [0.15, 0.2) is 16.5 Å². The molecule has 2 saturated heterocycles. The Balaban J connectivity index is 1.60. The minimum atomic E-state index is -0.477. The predicted molar refractivity (Wildman–Crippen MR) is 90.1 cm³/mol. The summed E-state index contributed by atoms with van der Waals surface area (Å²) >= 11 is 0. The van der Waals surface area contributed by atoms with E-state index in [4.69, 9.17) is 14.3 Å². The fraction of sp³-hybridized carbons (Fsp3) is 0.667. The van der Waals surface area contributed by atoms with E-state index in [1.54, 1.807) is 17.0 Å². The molecule has 2 aliphatic heterocycles. The van der Waals surface area contributed by atoms with Gasteiger partial charge in [-0.3, -0.25) is 4.79 Å². The SMILES string of the molecule is CCCC(C)N1CC2(CCN(C(=O)c3ccc(CO)o3)CC2)OC1=O. The minimum Gasteiger partial charge on any atom is -0.453 e. The molecule has 0 aromatic carbocycles. The number of hydrogen-bond acceptors (Lipinski definition) is 5. The number of carbonyl (C=O) groups excluding carboxylic acids is 2. The molecule has 3 rings (SSSR count). The fourth-order valence-corrected chi connectivity index (χ4v) is 3.67. The molecule has 3 heterocycles. The topological polar surface area (TPSA) is 83.2 Å². The molecule has 7 heteroatoms. The molecule has 7 nitrogen and oxygen atoms in total. The first-order valence-corrected chi connectivity index (χ1v) is 8.96. The van der Waals surface area contributed by atoms with Crippen LogP contribution in [0.2, 0.25) is 0 Å². The Hall–Kier alpha value is -2.02. The smallest absolute Gasteiger partial charge is 0.410 e.